The van der Waals surface area contributed by atoms with Crippen LogP contribution in [-0.2, 0) is 11.4 Å². The van der Waals surface area contributed by atoms with E-state index in [2.05, 4.69) is 10.1 Å². The van der Waals surface area contributed by atoms with Gasteiger partial charge in [0.15, 0.2) is 0 Å². The van der Waals surface area contributed by atoms with Crippen LogP contribution >= 0.6 is 46.4 Å². The second-order valence-corrected chi connectivity index (χ2v) is 9.69. The summed E-state index contributed by atoms with van der Waals surface area (Å²) in [5.41, 5.74) is 0.948. The summed E-state index contributed by atoms with van der Waals surface area (Å²) in [5.74, 6) is 0.453. The van der Waals surface area contributed by atoms with Gasteiger partial charge < -0.3 is 9.40 Å². The Balaban J connectivity index is 1.63. The summed E-state index contributed by atoms with van der Waals surface area (Å²) in [7, 11) is 0. The molecule has 2 aliphatic rings. The maximum atomic E-state index is 6.60. The fourth-order valence-electron chi connectivity index (χ4n) is 3.76. The van der Waals surface area contributed by atoms with E-state index in [4.69, 9.17) is 51.2 Å². The zero-order valence-electron chi connectivity index (χ0n) is 14.6. The van der Waals surface area contributed by atoms with Crippen molar-refractivity contribution in [3.8, 4) is 0 Å². The van der Waals surface area contributed by atoms with Crippen LogP contribution in [0.4, 0.5) is 0 Å². The van der Waals surface area contributed by atoms with E-state index >= 15 is 0 Å². The number of halogens is 4. The molecule has 6 atom stereocenters. The summed E-state index contributed by atoms with van der Waals surface area (Å²) in [5, 5.41) is 4.84. The summed E-state index contributed by atoms with van der Waals surface area (Å²) < 4.78 is 1.99. The van der Waals surface area contributed by atoms with Crippen molar-refractivity contribution in [2.75, 3.05) is 6.61 Å². The van der Waals surface area contributed by atoms with Crippen molar-refractivity contribution in [1.29, 1.82) is 0 Å². The van der Waals surface area contributed by atoms with Crippen LogP contribution in [0.25, 0.3) is 0 Å². The van der Waals surface area contributed by atoms with Crippen LogP contribution < -0.4 is 0 Å². The lowest BCUT2D eigenvalue weighted by Gasteiger charge is -2.31. The van der Waals surface area contributed by atoms with Crippen LogP contribution in [0.5, 0.6) is 0 Å². The summed E-state index contributed by atoms with van der Waals surface area (Å²) >= 11 is 25.5. The Morgan fingerprint density at radius 3 is 2.42 bits per heavy atom. The second kappa shape index (κ2) is 9.86. The summed E-state index contributed by atoms with van der Waals surface area (Å²) in [6, 6.07) is 0. The van der Waals surface area contributed by atoms with E-state index < -0.39 is 0 Å². The fourth-order valence-corrected chi connectivity index (χ4v) is 5.48. The van der Waals surface area contributed by atoms with Crippen molar-refractivity contribution in [2.24, 2.45) is 17.0 Å². The monoisotopic (exact) mass is 439 g/mol. The largest absolute Gasteiger partial charge is 0.395 e. The first-order valence-electron chi connectivity index (χ1n) is 9.23. The highest BCUT2D eigenvalue weighted by Gasteiger charge is 2.33. The predicted molar refractivity (Wildman–Crippen MR) is 109 cm³/mol. The molecule has 0 radical (unpaired) electrons. The van der Waals surface area contributed by atoms with Gasteiger partial charge in [-0.3, -0.25) is 0 Å². The molecule has 146 valence electrons. The number of nitrogens with zero attached hydrogens (tertiary/aromatic N) is 3. The molecule has 0 aromatic carbocycles. The highest BCUT2D eigenvalue weighted by Crippen LogP contribution is 2.34. The minimum atomic E-state index is -0.0235. The Morgan fingerprint density at radius 1 is 1.04 bits per heavy atom. The van der Waals surface area contributed by atoms with Gasteiger partial charge in [-0.05, 0) is 38.5 Å². The zero-order chi connectivity index (χ0) is 18.5. The lowest BCUT2D eigenvalue weighted by molar-refractivity contribution is 0.0916. The van der Waals surface area contributed by atoms with Gasteiger partial charge in [0.1, 0.15) is 6.61 Å². The van der Waals surface area contributed by atoms with Crippen molar-refractivity contribution in [3.05, 3.63) is 18.7 Å². The van der Waals surface area contributed by atoms with Gasteiger partial charge in [0, 0.05) is 45.7 Å². The van der Waals surface area contributed by atoms with E-state index in [-0.39, 0.29) is 33.3 Å². The quantitative estimate of drug-likeness (QED) is 0.342. The number of imidazole rings is 1. The van der Waals surface area contributed by atoms with Gasteiger partial charge >= 0.3 is 0 Å². The van der Waals surface area contributed by atoms with Gasteiger partial charge in [-0.2, -0.15) is 0 Å². The smallest absolute Gasteiger partial charge is 0.121 e. The zero-order valence-corrected chi connectivity index (χ0v) is 17.6. The molecule has 6 unspecified atom stereocenters. The van der Waals surface area contributed by atoms with Crippen molar-refractivity contribution in [2.45, 2.75) is 66.6 Å². The molecule has 0 N–H and O–H groups in total. The molecular formula is C18H25Cl4N3O. The fraction of sp³-hybridized carbons (Fsp3) is 0.778. The van der Waals surface area contributed by atoms with Crippen LogP contribution in [0.1, 0.15) is 38.5 Å². The standard InChI is InChI=1S/C18H25Cl4N3O/c19-13-2-1-12(16(21)7-13)10-26-24-18(9-25-6-5-23-11-25)15-4-3-14(20)8-17(15)22/h5-6,11-17H,1-4,7-10H2/b24-18-. The van der Waals surface area contributed by atoms with Crippen molar-refractivity contribution in [3.63, 3.8) is 0 Å². The lowest BCUT2D eigenvalue weighted by Crippen LogP contribution is -2.34. The lowest BCUT2D eigenvalue weighted by atomic mass is 9.85. The molecule has 8 heteroatoms. The molecule has 0 saturated heterocycles. The van der Waals surface area contributed by atoms with Crippen LogP contribution in [0.15, 0.2) is 23.9 Å². The third kappa shape index (κ3) is 5.67. The molecule has 2 fully saturated rings. The van der Waals surface area contributed by atoms with Gasteiger partial charge in [-0.15, -0.1) is 46.4 Å². The van der Waals surface area contributed by atoms with E-state index in [9.17, 15) is 0 Å². The number of aromatic nitrogens is 2. The number of alkyl halides is 4. The molecule has 3 rings (SSSR count). The van der Waals surface area contributed by atoms with E-state index in [1.54, 1.807) is 12.5 Å². The Hall–Kier alpha value is -0.160. The predicted octanol–water partition coefficient (Wildman–Crippen LogP) is 5.29. The molecule has 1 heterocycles. The minimum Gasteiger partial charge on any atom is -0.395 e. The van der Waals surface area contributed by atoms with Crippen LogP contribution in [0, 0.1) is 11.8 Å². The van der Waals surface area contributed by atoms with Crippen molar-refractivity contribution >= 4 is 52.1 Å². The maximum absolute atomic E-state index is 6.60. The van der Waals surface area contributed by atoms with Gasteiger partial charge in [-0.1, -0.05) is 5.16 Å². The number of rotatable bonds is 6. The maximum Gasteiger partial charge on any atom is 0.121 e. The summed E-state index contributed by atoms with van der Waals surface area (Å²) in [6.45, 7) is 1.14. The molecule has 0 bridgehead atoms. The highest BCUT2D eigenvalue weighted by atomic mass is 35.5. The first-order valence-corrected chi connectivity index (χ1v) is 11.0. The van der Waals surface area contributed by atoms with E-state index in [1.807, 2.05) is 10.8 Å². The summed E-state index contributed by atoms with van der Waals surface area (Å²) in [4.78, 5) is 9.86. The topological polar surface area (TPSA) is 39.4 Å². The molecule has 4 nitrogen and oxygen atoms in total. The molecule has 1 aromatic rings. The normalized spacial score (nSPS) is 36.1. The average molecular weight is 441 g/mol. The van der Waals surface area contributed by atoms with E-state index in [0.717, 1.165) is 44.2 Å². The third-order valence-electron chi connectivity index (χ3n) is 5.35. The SMILES string of the molecule is ClC1CCC(CO/N=C(/Cn2ccnc2)C2CCC(Cl)CC2Cl)C(Cl)C1. The first kappa shape index (κ1) is 20.6. The molecule has 1 aromatic heterocycles. The Labute approximate surface area is 175 Å². The van der Waals surface area contributed by atoms with Crippen LogP contribution in [0.2, 0.25) is 0 Å². The molecule has 0 spiro atoms. The van der Waals surface area contributed by atoms with Crippen molar-refractivity contribution < 1.29 is 4.84 Å². The highest BCUT2D eigenvalue weighted by molar-refractivity contribution is 6.25. The van der Waals surface area contributed by atoms with E-state index in [1.165, 1.54) is 0 Å². The van der Waals surface area contributed by atoms with Gasteiger partial charge in [0.2, 0.25) is 0 Å². The minimum absolute atomic E-state index is 0.0235. The number of hydrogen-bond acceptors (Lipinski definition) is 3. The van der Waals surface area contributed by atoms with Gasteiger partial charge in [0.25, 0.3) is 0 Å². The van der Waals surface area contributed by atoms with E-state index in [0.29, 0.717) is 13.2 Å². The first-order chi connectivity index (χ1) is 12.5. The average Bonchev–Trinajstić information content (AvgIpc) is 3.09. The Morgan fingerprint density at radius 2 is 1.77 bits per heavy atom. The molecular weight excluding hydrogens is 416 g/mol. The number of oxime groups is 1. The van der Waals surface area contributed by atoms with Gasteiger partial charge in [0.05, 0.1) is 18.6 Å². The second-order valence-electron chi connectivity index (χ2n) is 7.33. The molecule has 26 heavy (non-hydrogen) atoms. The van der Waals surface area contributed by atoms with Crippen molar-refractivity contribution in [1.82, 2.24) is 9.55 Å². The Kier molecular flexibility index (Phi) is 7.80. The summed E-state index contributed by atoms with van der Waals surface area (Å²) in [6.07, 6.45) is 10.9. The number of hydrogen-bond donors (Lipinski definition) is 0. The van der Waals surface area contributed by atoms with Crippen LogP contribution in [-0.4, -0.2) is 43.4 Å². The molecule has 2 saturated carbocycles. The third-order valence-corrected chi connectivity index (χ3v) is 7.16. The van der Waals surface area contributed by atoms with Gasteiger partial charge in [-0.25, -0.2) is 4.98 Å². The van der Waals surface area contributed by atoms with Crippen LogP contribution in [0.3, 0.4) is 0 Å². The molecule has 0 amide bonds. The molecule has 2 aliphatic carbocycles. The Bertz CT molecular complexity index is 583. The molecule has 0 aliphatic heterocycles.